The van der Waals surface area contributed by atoms with Crippen LogP contribution in [0, 0.1) is 0 Å². The van der Waals surface area contributed by atoms with Crippen molar-refractivity contribution in [1.82, 2.24) is 0 Å². The van der Waals surface area contributed by atoms with Crippen molar-refractivity contribution in [2.75, 3.05) is 19.8 Å². The molecule has 0 unspecified atom stereocenters. The van der Waals surface area contributed by atoms with Crippen LogP contribution >= 0.6 is 0 Å². The van der Waals surface area contributed by atoms with Crippen molar-refractivity contribution in [3.63, 3.8) is 0 Å². The normalized spacial score (nSPS) is 22.5. The molecule has 0 aromatic rings. The van der Waals surface area contributed by atoms with E-state index in [4.69, 9.17) is 14.6 Å². The Balaban J connectivity index is 1.84. The van der Waals surface area contributed by atoms with Gasteiger partial charge in [-0.15, -0.1) is 0 Å². The van der Waals surface area contributed by atoms with E-state index in [1.54, 1.807) is 0 Å². The number of hydrogen-bond acceptors (Lipinski definition) is 5. The molecule has 1 aliphatic heterocycles. The maximum absolute atomic E-state index is 9.90. The summed E-state index contributed by atoms with van der Waals surface area (Å²) in [6.07, 6.45) is 22.6. The summed E-state index contributed by atoms with van der Waals surface area (Å²) in [5, 5.41) is 28.7. The van der Waals surface area contributed by atoms with Crippen LogP contribution in [0.3, 0.4) is 0 Å². The Bertz CT molecular complexity index is 415. The fourth-order valence-electron chi connectivity index (χ4n) is 4.19. The van der Waals surface area contributed by atoms with E-state index in [1.807, 2.05) is 0 Å². The highest BCUT2D eigenvalue weighted by Gasteiger charge is 2.40. The van der Waals surface area contributed by atoms with E-state index in [0.717, 1.165) is 19.3 Å². The van der Waals surface area contributed by atoms with E-state index in [1.165, 1.54) is 83.5 Å². The van der Waals surface area contributed by atoms with Crippen LogP contribution in [0.1, 0.15) is 110 Å². The summed E-state index contributed by atoms with van der Waals surface area (Å²) in [5.41, 5.74) is 0. The second kappa shape index (κ2) is 20.2. The molecule has 4 atom stereocenters. The van der Waals surface area contributed by atoms with Gasteiger partial charge in [-0.25, -0.2) is 0 Å². The van der Waals surface area contributed by atoms with Crippen LogP contribution in [0.5, 0.6) is 0 Å². The Hall–Kier alpha value is -0.460. The van der Waals surface area contributed by atoms with Crippen molar-refractivity contribution in [3.8, 4) is 0 Å². The number of hydrogen-bond donors (Lipinski definition) is 3. The molecule has 0 radical (unpaired) electrons. The summed E-state index contributed by atoms with van der Waals surface area (Å²) in [5.74, 6) is 0. The number of ether oxygens (including phenoxy) is 2. The van der Waals surface area contributed by atoms with Crippen LogP contribution in [0.4, 0.5) is 0 Å². The van der Waals surface area contributed by atoms with Gasteiger partial charge in [-0.3, -0.25) is 0 Å². The van der Waals surface area contributed by atoms with Gasteiger partial charge in [0.1, 0.15) is 24.4 Å². The SMILES string of the molecule is CCCCCCCCCCCCCCC/C=C/CCCO[C@H]1[C@@H]([C@@H](O)CO)OC[C@H]1O. The standard InChI is InChI=1S/C26H50O5/c1-2-3-4-5-6-7-8-9-10-11-12-13-14-15-16-17-18-19-20-30-26-24(29)22-31-25(26)23(28)21-27/h16-17,23-29H,2-15,18-22H2,1H3/b17-16+/t23-,24+,25+,26+/m0/s1. The average Bonchev–Trinajstić information content (AvgIpc) is 3.15. The minimum Gasteiger partial charge on any atom is -0.394 e. The topological polar surface area (TPSA) is 79.2 Å². The monoisotopic (exact) mass is 442 g/mol. The van der Waals surface area contributed by atoms with Gasteiger partial charge >= 0.3 is 0 Å². The molecule has 5 nitrogen and oxygen atoms in total. The molecule has 0 aliphatic carbocycles. The van der Waals surface area contributed by atoms with Gasteiger partial charge in [0, 0.05) is 6.61 Å². The van der Waals surface area contributed by atoms with Gasteiger partial charge in [0.05, 0.1) is 13.2 Å². The first-order valence-electron chi connectivity index (χ1n) is 13.1. The van der Waals surface area contributed by atoms with E-state index < -0.39 is 24.4 Å². The Morgan fingerprint density at radius 3 is 1.90 bits per heavy atom. The van der Waals surface area contributed by atoms with E-state index in [0.29, 0.717) is 6.61 Å². The Kier molecular flexibility index (Phi) is 18.6. The molecule has 5 heteroatoms. The van der Waals surface area contributed by atoms with Crippen molar-refractivity contribution in [2.45, 2.75) is 134 Å². The Morgan fingerprint density at radius 1 is 0.839 bits per heavy atom. The third kappa shape index (κ3) is 14.3. The molecule has 0 aromatic carbocycles. The van der Waals surface area contributed by atoms with Crippen LogP contribution in [0.2, 0.25) is 0 Å². The molecule has 0 aromatic heterocycles. The molecule has 0 spiro atoms. The van der Waals surface area contributed by atoms with Crippen molar-refractivity contribution in [1.29, 1.82) is 0 Å². The lowest BCUT2D eigenvalue weighted by Crippen LogP contribution is -2.42. The van der Waals surface area contributed by atoms with Gasteiger partial charge in [0.15, 0.2) is 0 Å². The van der Waals surface area contributed by atoms with E-state index >= 15 is 0 Å². The van der Waals surface area contributed by atoms with E-state index in [2.05, 4.69) is 19.1 Å². The number of rotatable bonds is 21. The van der Waals surface area contributed by atoms with E-state index in [-0.39, 0.29) is 13.2 Å². The van der Waals surface area contributed by atoms with Crippen LogP contribution in [0.15, 0.2) is 12.2 Å². The molecular formula is C26H50O5. The summed E-state index contributed by atoms with van der Waals surface area (Å²) < 4.78 is 11.0. The smallest absolute Gasteiger partial charge is 0.114 e. The summed E-state index contributed by atoms with van der Waals surface area (Å²) in [7, 11) is 0. The lowest BCUT2D eigenvalue weighted by atomic mass is 10.0. The molecule has 1 heterocycles. The van der Waals surface area contributed by atoms with Crippen LogP contribution < -0.4 is 0 Å². The minimum atomic E-state index is -1.01. The first-order valence-corrected chi connectivity index (χ1v) is 13.1. The number of aliphatic hydroxyl groups is 3. The molecule has 1 aliphatic rings. The average molecular weight is 443 g/mol. The largest absolute Gasteiger partial charge is 0.394 e. The van der Waals surface area contributed by atoms with Gasteiger partial charge in [-0.1, -0.05) is 96.1 Å². The predicted octanol–water partition coefficient (Wildman–Crippen LogP) is 5.30. The lowest BCUT2D eigenvalue weighted by Gasteiger charge is -2.23. The maximum atomic E-state index is 9.90. The minimum absolute atomic E-state index is 0.144. The highest BCUT2D eigenvalue weighted by atomic mass is 16.6. The second-order valence-electron chi connectivity index (χ2n) is 9.10. The highest BCUT2D eigenvalue weighted by Crippen LogP contribution is 2.21. The van der Waals surface area contributed by atoms with Crippen LogP contribution in [0.25, 0.3) is 0 Å². The first-order chi connectivity index (χ1) is 15.2. The molecule has 1 fully saturated rings. The highest BCUT2D eigenvalue weighted by molar-refractivity contribution is 4.89. The third-order valence-corrected chi connectivity index (χ3v) is 6.20. The van der Waals surface area contributed by atoms with Crippen molar-refractivity contribution >= 4 is 0 Å². The van der Waals surface area contributed by atoms with Crippen molar-refractivity contribution < 1.29 is 24.8 Å². The summed E-state index contributed by atoms with van der Waals surface area (Å²) in [6.45, 7) is 2.55. The molecule has 1 rings (SSSR count). The van der Waals surface area contributed by atoms with E-state index in [9.17, 15) is 10.2 Å². The fourth-order valence-corrected chi connectivity index (χ4v) is 4.19. The molecular weight excluding hydrogens is 392 g/mol. The molecule has 0 saturated carbocycles. The van der Waals surface area contributed by atoms with Gasteiger partial charge in [0.25, 0.3) is 0 Å². The first kappa shape index (κ1) is 28.6. The molecule has 3 N–H and O–H groups in total. The zero-order valence-electron chi connectivity index (χ0n) is 20.1. The molecule has 31 heavy (non-hydrogen) atoms. The van der Waals surface area contributed by atoms with Gasteiger partial charge in [-0.2, -0.15) is 0 Å². The molecule has 184 valence electrons. The summed E-state index contributed by atoms with van der Waals surface area (Å²) in [6, 6.07) is 0. The van der Waals surface area contributed by atoms with Gasteiger partial charge in [0.2, 0.25) is 0 Å². The molecule has 0 amide bonds. The zero-order valence-corrected chi connectivity index (χ0v) is 20.1. The fraction of sp³-hybridized carbons (Fsp3) is 0.923. The van der Waals surface area contributed by atoms with Gasteiger partial charge in [-0.05, 0) is 25.7 Å². The van der Waals surface area contributed by atoms with Crippen LogP contribution in [-0.2, 0) is 9.47 Å². The number of allylic oxidation sites excluding steroid dienone is 2. The maximum Gasteiger partial charge on any atom is 0.114 e. The second-order valence-corrected chi connectivity index (χ2v) is 9.10. The summed E-state index contributed by atoms with van der Waals surface area (Å²) >= 11 is 0. The van der Waals surface area contributed by atoms with Crippen molar-refractivity contribution in [2.24, 2.45) is 0 Å². The molecule has 1 saturated heterocycles. The zero-order chi connectivity index (χ0) is 22.6. The number of aliphatic hydroxyl groups excluding tert-OH is 3. The number of unbranched alkanes of at least 4 members (excludes halogenated alkanes) is 14. The lowest BCUT2D eigenvalue weighted by molar-refractivity contribution is -0.0935. The Labute approximate surface area is 191 Å². The Morgan fingerprint density at radius 2 is 1.35 bits per heavy atom. The quantitative estimate of drug-likeness (QED) is 0.166. The van der Waals surface area contributed by atoms with Gasteiger partial charge < -0.3 is 24.8 Å². The third-order valence-electron chi connectivity index (χ3n) is 6.20. The van der Waals surface area contributed by atoms with Crippen molar-refractivity contribution in [3.05, 3.63) is 12.2 Å². The summed E-state index contributed by atoms with van der Waals surface area (Å²) in [4.78, 5) is 0. The van der Waals surface area contributed by atoms with Crippen LogP contribution in [-0.4, -0.2) is 59.6 Å². The molecule has 0 bridgehead atoms. The predicted molar refractivity (Wildman–Crippen MR) is 127 cm³/mol.